The van der Waals surface area contributed by atoms with Crippen LogP contribution in [0.3, 0.4) is 0 Å². The van der Waals surface area contributed by atoms with Crippen LogP contribution in [0.2, 0.25) is 0 Å². The Labute approximate surface area is 108 Å². The van der Waals surface area contributed by atoms with Crippen molar-refractivity contribution in [1.29, 1.82) is 0 Å². The summed E-state index contributed by atoms with van der Waals surface area (Å²) in [7, 11) is 0. The molecule has 2 rings (SSSR count). The first-order valence-corrected chi connectivity index (χ1v) is 6.64. The van der Waals surface area contributed by atoms with Gasteiger partial charge in [0.1, 0.15) is 13.2 Å². The molecule has 1 aliphatic rings. The Hall–Kier alpha value is -1.26. The van der Waals surface area contributed by atoms with Gasteiger partial charge in [-0.3, -0.25) is 0 Å². The van der Waals surface area contributed by atoms with Crippen LogP contribution in [-0.2, 0) is 0 Å². The van der Waals surface area contributed by atoms with Crippen LogP contribution in [0.25, 0.3) is 0 Å². The highest BCUT2D eigenvalue weighted by molar-refractivity contribution is 5.44. The second-order valence-corrected chi connectivity index (χ2v) is 4.57. The van der Waals surface area contributed by atoms with E-state index in [9.17, 15) is 0 Å². The number of rotatable bonds is 6. The minimum atomic E-state index is 0.318. The predicted octanol–water partition coefficient (Wildman–Crippen LogP) is 1.85. The van der Waals surface area contributed by atoms with Crippen molar-refractivity contribution in [1.82, 2.24) is 5.32 Å². The molecule has 0 saturated heterocycles. The van der Waals surface area contributed by atoms with Crippen molar-refractivity contribution in [3.05, 3.63) is 23.8 Å². The summed E-state index contributed by atoms with van der Waals surface area (Å²) < 4.78 is 11.1. The van der Waals surface area contributed by atoms with Crippen molar-refractivity contribution < 1.29 is 9.47 Å². The zero-order valence-electron chi connectivity index (χ0n) is 10.9. The molecule has 0 aliphatic carbocycles. The second kappa shape index (κ2) is 6.61. The average molecular weight is 250 g/mol. The van der Waals surface area contributed by atoms with Crippen molar-refractivity contribution in [2.75, 3.05) is 26.3 Å². The van der Waals surface area contributed by atoms with E-state index in [0.717, 1.165) is 37.4 Å². The number of hydrogen-bond donors (Lipinski definition) is 2. The molecule has 1 aromatic carbocycles. The molecule has 1 aromatic rings. The summed E-state index contributed by atoms with van der Waals surface area (Å²) in [5.74, 6) is 1.70. The molecule has 18 heavy (non-hydrogen) atoms. The van der Waals surface area contributed by atoms with Crippen LogP contribution in [0.1, 0.15) is 31.4 Å². The molecule has 1 heterocycles. The Balaban J connectivity index is 1.91. The number of nitrogens with one attached hydrogen (secondary N) is 1. The van der Waals surface area contributed by atoms with E-state index >= 15 is 0 Å². The molecule has 1 atom stereocenters. The normalized spacial score (nSPS) is 15.4. The third kappa shape index (κ3) is 3.37. The van der Waals surface area contributed by atoms with Gasteiger partial charge < -0.3 is 20.5 Å². The van der Waals surface area contributed by atoms with Crippen LogP contribution in [0.15, 0.2) is 18.2 Å². The van der Waals surface area contributed by atoms with E-state index in [1.165, 1.54) is 5.56 Å². The molecule has 1 aliphatic heterocycles. The van der Waals surface area contributed by atoms with E-state index in [1.807, 2.05) is 6.07 Å². The fourth-order valence-electron chi connectivity index (χ4n) is 2.04. The van der Waals surface area contributed by atoms with Crippen molar-refractivity contribution in [2.45, 2.75) is 25.8 Å². The quantitative estimate of drug-likeness (QED) is 0.757. The molecular weight excluding hydrogens is 228 g/mol. The number of nitrogens with two attached hydrogens (primary N) is 1. The summed E-state index contributed by atoms with van der Waals surface area (Å²) in [5.41, 5.74) is 6.70. The van der Waals surface area contributed by atoms with E-state index in [2.05, 4.69) is 24.4 Å². The molecule has 4 heteroatoms. The monoisotopic (exact) mass is 250 g/mol. The molecule has 0 amide bonds. The lowest BCUT2D eigenvalue weighted by Gasteiger charge is -2.21. The van der Waals surface area contributed by atoms with Crippen molar-refractivity contribution in [3.63, 3.8) is 0 Å². The van der Waals surface area contributed by atoms with E-state index < -0.39 is 0 Å². The average Bonchev–Trinajstić information content (AvgIpc) is 2.43. The van der Waals surface area contributed by atoms with Crippen LogP contribution in [0.4, 0.5) is 0 Å². The number of fused-ring (bicyclic) bond motifs is 1. The summed E-state index contributed by atoms with van der Waals surface area (Å²) in [6.07, 6.45) is 2.19. The first-order valence-electron chi connectivity index (χ1n) is 6.64. The number of hydrogen-bond acceptors (Lipinski definition) is 4. The minimum absolute atomic E-state index is 0.318. The zero-order valence-corrected chi connectivity index (χ0v) is 10.9. The molecule has 0 bridgehead atoms. The molecule has 3 N–H and O–H groups in total. The maximum atomic E-state index is 5.59. The Kier molecular flexibility index (Phi) is 4.84. The SMILES string of the molecule is CC(NCCCCN)c1ccc2c(c1)OCCO2. The highest BCUT2D eigenvalue weighted by Crippen LogP contribution is 2.32. The van der Waals surface area contributed by atoms with Crippen LogP contribution >= 0.6 is 0 Å². The molecule has 0 saturated carbocycles. The van der Waals surface area contributed by atoms with Crippen LogP contribution in [0.5, 0.6) is 11.5 Å². The molecule has 1 unspecified atom stereocenters. The van der Waals surface area contributed by atoms with Gasteiger partial charge in [0.25, 0.3) is 0 Å². The fourth-order valence-corrected chi connectivity index (χ4v) is 2.04. The van der Waals surface area contributed by atoms with E-state index in [-0.39, 0.29) is 0 Å². The van der Waals surface area contributed by atoms with Gasteiger partial charge in [-0.1, -0.05) is 6.07 Å². The van der Waals surface area contributed by atoms with Gasteiger partial charge in [0.05, 0.1) is 0 Å². The van der Waals surface area contributed by atoms with Gasteiger partial charge >= 0.3 is 0 Å². The lowest BCUT2D eigenvalue weighted by Crippen LogP contribution is -2.21. The molecule has 0 radical (unpaired) electrons. The maximum absolute atomic E-state index is 5.59. The van der Waals surface area contributed by atoms with E-state index in [0.29, 0.717) is 19.3 Å². The third-order valence-corrected chi connectivity index (χ3v) is 3.15. The van der Waals surface area contributed by atoms with Crippen LogP contribution in [-0.4, -0.2) is 26.3 Å². The number of ether oxygens (including phenoxy) is 2. The smallest absolute Gasteiger partial charge is 0.161 e. The summed E-state index contributed by atoms with van der Waals surface area (Å²) in [4.78, 5) is 0. The summed E-state index contributed by atoms with van der Waals surface area (Å²) in [6.45, 7) is 5.19. The third-order valence-electron chi connectivity index (χ3n) is 3.15. The molecule has 0 fully saturated rings. The summed E-state index contributed by atoms with van der Waals surface area (Å²) in [6, 6.07) is 6.46. The Morgan fingerprint density at radius 3 is 2.78 bits per heavy atom. The summed E-state index contributed by atoms with van der Waals surface area (Å²) in [5, 5.41) is 3.49. The van der Waals surface area contributed by atoms with Crippen LogP contribution in [0, 0.1) is 0 Å². The van der Waals surface area contributed by atoms with Gasteiger partial charge in [0.2, 0.25) is 0 Å². The van der Waals surface area contributed by atoms with E-state index in [1.54, 1.807) is 0 Å². The molecular formula is C14H22N2O2. The Morgan fingerprint density at radius 1 is 1.22 bits per heavy atom. The lowest BCUT2D eigenvalue weighted by molar-refractivity contribution is 0.171. The van der Waals surface area contributed by atoms with Gasteiger partial charge in [0.15, 0.2) is 11.5 Å². The second-order valence-electron chi connectivity index (χ2n) is 4.57. The molecule has 0 spiro atoms. The molecule has 100 valence electrons. The van der Waals surface area contributed by atoms with Gasteiger partial charge in [0, 0.05) is 6.04 Å². The van der Waals surface area contributed by atoms with Crippen molar-refractivity contribution >= 4 is 0 Å². The number of benzene rings is 1. The van der Waals surface area contributed by atoms with Crippen molar-refractivity contribution in [2.24, 2.45) is 5.73 Å². The topological polar surface area (TPSA) is 56.5 Å². The Bertz CT molecular complexity index is 382. The van der Waals surface area contributed by atoms with Gasteiger partial charge in [-0.2, -0.15) is 0 Å². The highest BCUT2D eigenvalue weighted by atomic mass is 16.6. The molecule has 4 nitrogen and oxygen atoms in total. The maximum Gasteiger partial charge on any atom is 0.161 e. The first-order chi connectivity index (χ1) is 8.81. The van der Waals surface area contributed by atoms with Crippen LogP contribution < -0.4 is 20.5 Å². The van der Waals surface area contributed by atoms with Gasteiger partial charge in [-0.25, -0.2) is 0 Å². The largest absolute Gasteiger partial charge is 0.486 e. The van der Waals surface area contributed by atoms with E-state index in [4.69, 9.17) is 15.2 Å². The summed E-state index contributed by atoms with van der Waals surface area (Å²) >= 11 is 0. The first kappa shape index (κ1) is 13.2. The number of unbranched alkanes of at least 4 members (excludes halogenated alkanes) is 1. The Morgan fingerprint density at radius 2 is 2.00 bits per heavy atom. The molecule has 0 aromatic heterocycles. The van der Waals surface area contributed by atoms with Crippen molar-refractivity contribution in [3.8, 4) is 11.5 Å². The predicted molar refractivity (Wildman–Crippen MR) is 72.1 cm³/mol. The lowest BCUT2D eigenvalue weighted by atomic mass is 10.1. The highest BCUT2D eigenvalue weighted by Gasteiger charge is 2.13. The fraction of sp³-hybridized carbons (Fsp3) is 0.571. The standard InChI is InChI=1S/C14H22N2O2/c1-11(16-7-3-2-6-15)12-4-5-13-14(10-12)18-9-8-17-13/h4-5,10-11,16H,2-3,6-9,15H2,1H3. The van der Waals surface area contributed by atoms with Gasteiger partial charge in [-0.05, 0) is 50.6 Å². The minimum Gasteiger partial charge on any atom is -0.486 e. The van der Waals surface area contributed by atoms with Gasteiger partial charge in [-0.15, -0.1) is 0 Å². The zero-order chi connectivity index (χ0) is 12.8.